The number of hydrogen-bond acceptors (Lipinski definition) is 7. The molecule has 1 aromatic rings. The summed E-state index contributed by atoms with van der Waals surface area (Å²) < 4.78 is 10.7. The minimum Gasteiger partial charge on any atom is -0.472 e. The first kappa shape index (κ1) is 22.0. The van der Waals surface area contributed by atoms with Crippen molar-refractivity contribution in [2.75, 3.05) is 0 Å². The monoisotopic (exact) mass is 408 g/mol. The molecule has 1 aromatic heterocycles. The molecule has 3 N–H and O–H groups in total. The number of ether oxygens (including phenoxy) is 1. The molecule has 2 saturated carbocycles. The Bertz CT molecular complexity index is 728. The molecule has 2 aliphatic rings. The highest BCUT2D eigenvalue weighted by atomic mass is 16.5. The normalized spacial score (nSPS) is 43.3. The molecule has 0 bridgehead atoms. The van der Waals surface area contributed by atoms with E-state index in [0.29, 0.717) is 18.4 Å². The van der Waals surface area contributed by atoms with Crippen LogP contribution in [0.4, 0.5) is 0 Å². The Morgan fingerprint density at radius 1 is 1.41 bits per heavy atom. The molecule has 0 amide bonds. The molecule has 9 atom stereocenters. The van der Waals surface area contributed by atoms with Gasteiger partial charge in [0.2, 0.25) is 0 Å². The highest BCUT2D eigenvalue weighted by Gasteiger charge is 2.64. The Hall–Kier alpha value is -1.70. The highest BCUT2D eigenvalue weighted by Crippen LogP contribution is 2.60. The van der Waals surface area contributed by atoms with Crippen LogP contribution < -0.4 is 0 Å². The lowest BCUT2D eigenvalue weighted by atomic mass is 9.45. The van der Waals surface area contributed by atoms with E-state index in [-0.39, 0.29) is 24.2 Å². The van der Waals surface area contributed by atoms with E-state index in [1.807, 2.05) is 13.8 Å². The van der Waals surface area contributed by atoms with E-state index in [9.17, 15) is 24.9 Å². The minimum absolute atomic E-state index is 0.120. The van der Waals surface area contributed by atoms with E-state index in [0.717, 1.165) is 6.29 Å². The number of hydrogen-bond donors (Lipinski definition) is 3. The summed E-state index contributed by atoms with van der Waals surface area (Å²) in [5.41, 5.74) is -1.89. The molecule has 7 heteroatoms. The van der Waals surface area contributed by atoms with Crippen molar-refractivity contribution >= 4 is 12.3 Å². The predicted octanol–water partition coefficient (Wildman–Crippen LogP) is 2.24. The van der Waals surface area contributed by atoms with E-state index in [1.165, 1.54) is 19.5 Å². The number of rotatable bonds is 5. The van der Waals surface area contributed by atoms with Gasteiger partial charge in [0.15, 0.2) is 0 Å². The second kappa shape index (κ2) is 7.85. The lowest BCUT2D eigenvalue weighted by Crippen LogP contribution is -2.66. The number of carbonyl (C=O) groups excluding carboxylic acids is 2. The van der Waals surface area contributed by atoms with Gasteiger partial charge in [-0.1, -0.05) is 13.8 Å². The molecule has 1 heterocycles. The number of aliphatic hydroxyl groups is 3. The van der Waals surface area contributed by atoms with Crippen molar-refractivity contribution in [1.82, 2.24) is 0 Å². The topological polar surface area (TPSA) is 117 Å². The zero-order valence-electron chi connectivity index (χ0n) is 17.4. The summed E-state index contributed by atoms with van der Waals surface area (Å²) >= 11 is 0. The van der Waals surface area contributed by atoms with Crippen LogP contribution in [0.25, 0.3) is 0 Å². The summed E-state index contributed by atoms with van der Waals surface area (Å²) in [6.45, 7) is 6.68. The average Bonchev–Trinajstić information content (AvgIpc) is 3.19. The molecule has 9 unspecified atom stereocenters. The van der Waals surface area contributed by atoms with E-state index >= 15 is 0 Å². The van der Waals surface area contributed by atoms with Crippen LogP contribution in [0.1, 0.15) is 58.6 Å². The van der Waals surface area contributed by atoms with Gasteiger partial charge < -0.3 is 29.3 Å². The van der Waals surface area contributed by atoms with Crippen LogP contribution in [0.15, 0.2) is 23.0 Å². The van der Waals surface area contributed by atoms with Crippen LogP contribution in [0.2, 0.25) is 0 Å². The Morgan fingerprint density at radius 3 is 2.66 bits per heavy atom. The smallest absolute Gasteiger partial charge is 0.302 e. The van der Waals surface area contributed by atoms with Crippen molar-refractivity contribution in [3.63, 3.8) is 0 Å². The van der Waals surface area contributed by atoms with Gasteiger partial charge in [0.1, 0.15) is 12.4 Å². The van der Waals surface area contributed by atoms with Crippen LogP contribution in [0, 0.1) is 29.1 Å². The molecule has 0 saturated heterocycles. The lowest BCUT2D eigenvalue weighted by molar-refractivity contribution is -0.235. The van der Waals surface area contributed by atoms with Crippen molar-refractivity contribution in [2.24, 2.45) is 29.1 Å². The molecule has 0 radical (unpaired) electrons. The summed E-state index contributed by atoms with van der Waals surface area (Å²) in [6, 6.07) is 1.65. The maximum atomic E-state index is 12.7. The van der Waals surface area contributed by atoms with Gasteiger partial charge in [0.25, 0.3) is 0 Å². The van der Waals surface area contributed by atoms with E-state index in [4.69, 9.17) is 9.15 Å². The molecule has 0 aliphatic heterocycles. The Kier molecular flexibility index (Phi) is 5.96. The molecule has 0 aromatic carbocycles. The first-order chi connectivity index (χ1) is 13.6. The summed E-state index contributed by atoms with van der Waals surface area (Å²) in [5.74, 6) is -1.82. The summed E-state index contributed by atoms with van der Waals surface area (Å²) in [6.07, 6.45) is 2.32. The van der Waals surface area contributed by atoms with E-state index in [1.54, 1.807) is 13.0 Å². The molecule has 0 spiro atoms. The van der Waals surface area contributed by atoms with Gasteiger partial charge in [-0.05, 0) is 50.0 Å². The van der Waals surface area contributed by atoms with E-state index < -0.39 is 41.2 Å². The third-order valence-electron chi connectivity index (χ3n) is 7.65. The van der Waals surface area contributed by atoms with Crippen molar-refractivity contribution in [3.05, 3.63) is 24.2 Å². The Morgan fingerprint density at radius 2 is 2.10 bits per heavy atom. The van der Waals surface area contributed by atoms with Crippen molar-refractivity contribution < 1.29 is 34.1 Å². The van der Waals surface area contributed by atoms with Gasteiger partial charge in [-0.2, -0.15) is 0 Å². The minimum atomic E-state index is -1.43. The molecule has 29 heavy (non-hydrogen) atoms. The molecule has 3 rings (SSSR count). The average molecular weight is 408 g/mol. The largest absolute Gasteiger partial charge is 0.472 e. The SMILES string of the molecule is CC(=O)OC1C(C)C2C(CCC(O)C2(C)O)C(C=O)(CC(O)c2ccoc2)C1C. The second-order valence-corrected chi connectivity index (χ2v) is 9.18. The van der Waals surface area contributed by atoms with Gasteiger partial charge in [-0.15, -0.1) is 0 Å². The van der Waals surface area contributed by atoms with Gasteiger partial charge in [0, 0.05) is 23.8 Å². The molecule has 162 valence electrons. The van der Waals surface area contributed by atoms with Gasteiger partial charge in [0.05, 0.1) is 30.3 Å². The van der Waals surface area contributed by atoms with Crippen LogP contribution in [-0.2, 0) is 14.3 Å². The third-order valence-corrected chi connectivity index (χ3v) is 7.65. The maximum absolute atomic E-state index is 12.7. The number of furan rings is 1. The quantitative estimate of drug-likeness (QED) is 0.505. The number of esters is 1. The summed E-state index contributed by atoms with van der Waals surface area (Å²) in [7, 11) is 0. The number of aliphatic hydroxyl groups excluding tert-OH is 2. The maximum Gasteiger partial charge on any atom is 0.302 e. The first-order valence-corrected chi connectivity index (χ1v) is 10.3. The number of aldehydes is 1. The van der Waals surface area contributed by atoms with Crippen LogP contribution in [0.5, 0.6) is 0 Å². The van der Waals surface area contributed by atoms with E-state index in [2.05, 4.69) is 0 Å². The van der Waals surface area contributed by atoms with Crippen LogP contribution in [0.3, 0.4) is 0 Å². The van der Waals surface area contributed by atoms with Crippen molar-refractivity contribution in [1.29, 1.82) is 0 Å². The van der Waals surface area contributed by atoms with Gasteiger partial charge in [-0.25, -0.2) is 0 Å². The molecule has 7 nitrogen and oxygen atoms in total. The predicted molar refractivity (Wildman–Crippen MR) is 104 cm³/mol. The highest BCUT2D eigenvalue weighted by molar-refractivity contribution is 5.67. The summed E-state index contributed by atoms with van der Waals surface area (Å²) in [5, 5.41) is 32.5. The zero-order valence-corrected chi connectivity index (χ0v) is 17.4. The first-order valence-electron chi connectivity index (χ1n) is 10.3. The molecule has 2 aliphatic carbocycles. The Balaban J connectivity index is 2.08. The molecule has 2 fully saturated rings. The van der Waals surface area contributed by atoms with Crippen LogP contribution in [-0.4, -0.2) is 45.4 Å². The molecular weight excluding hydrogens is 376 g/mol. The standard InChI is InChI=1S/C22H32O7/c1-12-19-16(5-6-18(26)21(19,4)27)22(11-23,13(2)20(12)29-14(3)24)9-17(25)15-7-8-28-10-15/h7-8,10-13,16-20,25-27H,5-6,9H2,1-4H3. The van der Waals surface area contributed by atoms with Crippen LogP contribution >= 0.6 is 0 Å². The number of fused-ring (bicyclic) bond motifs is 1. The fourth-order valence-corrected chi connectivity index (χ4v) is 6.14. The zero-order chi connectivity index (χ0) is 21.6. The third kappa shape index (κ3) is 3.53. The fraction of sp³-hybridized carbons (Fsp3) is 0.727. The second-order valence-electron chi connectivity index (χ2n) is 9.18. The van der Waals surface area contributed by atoms with Crippen molar-refractivity contribution in [2.45, 2.75) is 70.9 Å². The van der Waals surface area contributed by atoms with Crippen molar-refractivity contribution in [3.8, 4) is 0 Å². The molecular formula is C22H32O7. The fourth-order valence-electron chi connectivity index (χ4n) is 6.14. The van der Waals surface area contributed by atoms with Gasteiger partial charge >= 0.3 is 5.97 Å². The lowest BCUT2D eigenvalue weighted by Gasteiger charge is -2.61. The summed E-state index contributed by atoms with van der Waals surface area (Å²) in [4.78, 5) is 24.5. The number of carbonyl (C=O) groups is 2. The Labute approximate surface area is 171 Å². The van der Waals surface area contributed by atoms with Gasteiger partial charge in [-0.3, -0.25) is 4.79 Å².